The normalized spacial score (nSPS) is 13.8. The lowest BCUT2D eigenvalue weighted by atomic mass is 9.96. The monoisotopic (exact) mass is 559 g/mol. The number of nitrogens with one attached hydrogen (secondary N) is 2. The average molecular weight is 560 g/mol. The second-order valence-electron chi connectivity index (χ2n) is 12.2. The summed E-state index contributed by atoms with van der Waals surface area (Å²) < 4.78 is 5.49. The number of anilines is 1. The van der Waals surface area contributed by atoms with Gasteiger partial charge in [-0.3, -0.25) is 9.59 Å². The van der Waals surface area contributed by atoms with E-state index in [9.17, 15) is 14.4 Å². The van der Waals surface area contributed by atoms with Gasteiger partial charge in [0.2, 0.25) is 5.91 Å². The maximum absolute atomic E-state index is 14.4. The number of rotatable bonds is 10. The van der Waals surface area contributed by atoms with Crippen molar-refractivity contribution in [3.63, 3.8) is 0 Å². The van der Waals surface area contributed by atoms with Crippen LogP contribution in [0.2, 0.25) is 0 Å². The number of nitrogens with zero attached hydrogens (tertiary/aromatic N) is 1. The zero-order valence-electron chi connectivity index (χ0n) is 25.7. The number of alkyl carbamates (subject to hydrolysis) is 1. The van der Waals surface area contributed by atoms with Crippen LogP contribution >= 0.6 is 0 Å². The van der Waals surface area contributed by atoms with Crippen LogP contribution in [0.5, 0.6) is 0 Å². The van der Waals surface area contributed by atoms with E-state index in [1.54, 1.807) is 25.7 Å². The summed E-state index contributed by atoms with van der Waals surface area (Å²) in [5.74, 6) is -0.527. The Morgan fingerprint density at radius 2 is 1.59 bits per heavy atom. The number of ether oxygens (including phenoxy) is 1. The second-order valence-corrected chi connectivity index (χ2v) is 12.2. The third-order valence-electron chi connectivity index (χ3n) is 6.92. The number of fused-ring (bicyclic) bond motifs is 1. The highest BCUT2D eigenvalue weighted by atomic mass is 16.6. The molecule has 3 amide bonds. The number of amides is 3. The summed E-state index contributed by atoms with van der Waals surface area (Å²) in [5.41, 5.74) is 1.62. The lowest BCUT2D eigenvalue weighted by Gasteiger charge is -2.38. The van der Waals surface area contributed by atoms with Gasteiger partial charge < -0.3 is 20.3 Å². The molecule has 0 aliphatic carbocycles. The fourth-order valence-corrected chi connectivity index (χ4v) is 4.87. The van der Waals surface area contributed by atoms with E-state index in [1.165, 1.54) is 0 Å². The van der Waals surface area contributed by atoms with Gasteiger partial charge in [0.05, 0.1) is 0 Å². The van der Waals surface area contributed by atoms with Crippen LogP contribution in [0.4, 0.5) is 10.5 Å². The molecule has 0 heterocycles. The highest BCUT2D eigenvalue weighted by Gasteiger charge is 2.38. The Hall–Kier alpha value is -3.87. The van der Waals surface area contributed by atoms with E-state index in [2.05, 4.69) is 10.6 Å². The zero-order valence-corrected chi connectivity index (χ0v) is 25.7. The summed E-state index contributed by atoms with van der Waals surface area (Å²) in [6.45, 7) is 15.2. The van der Waals surface area contributed by atoms with Crippen molar-refractivity contribution in [1.29, 1.82) is 0 Å². The molecule has 0 fully saturated rings. The average Bonchev–Trinajstić information content (AvgIpc) is 2.89. The van der Waals surface area contributed by atoms with Gasteiger partial charge in [0, 0.05) is 11.7 Å². The van der Waals surface area contributed by atoms with Crippen molar-refractivity contribution in [2.45, 2.75) is 92.0 Å². The second kappa shape index (κ2) is 13.7. The van der Waals surface area contributed by atoms with Crippen LogP contribution < -0.4 is 10.6 Å². The van der Waals surface area contributed by atoms with Gasteiger partial charge in [0.1, 0.15) is 17.7 Å². The van der Waals surface area contributed by atoms with Crippen molar-refractivity contribution in [3.8, 4) is 0 Å². The molecule has 7 nitrogen and oxygen atoms in total. The topological polar surface area (TPSA) is 87.7 Å². The minimum absolute atomic E-state index is 0.113. The van der Waals surface area contributed by atoms with Crippen LogP contribution in [-0.2, 0) is 14.3 Å². The number of benzene rings is 3. The molecule has 41 heavy (non-hydrogen) atoms. The molecule has 0 aliphatic heterocycles. The molecule has 3 aromatic carbocycles. The number of hydrogen-bond acceptors (Lipinski definition) is 4. The zero-order chi connectivity index (χ0) is 30.3. The number of carbonyl (C=O) groups is 3. The predicted molar refractivity (Wildman–Crippen MR) is 166 cm³/mol. The van der Waals surface area contributed by atoms with E-state index in [4.69, 9.17) is 4.74 Å². The molecule has 0 spiro atoms. The Balaban J connectivity index is 2.05. The van der Waals surface area contributed by atoms with Gasteiger partial charge in [-0.2, -0.15) is 0 Å². The van der Waals surface area contributed by atoms with E-state index >= 15 is 0 Å². The first-order valence-corrected chi connectivity index (χ1v) is 14.5. The van der Waals surface area contributed by atoms with Gasteiger partial charge in [-0.1, -0.05) is 80.9 Å². The van der Waals surface area contributed by atoms with Crippen LogP contribution in [0.15, 0.2) is 66.7 Å². The highest BCUT2D eigenvalue weighted by Crippen LogP contribution is 2.29. The molecule has 7 heteroatoms. The first-order valence-electron chi connectivity index (χ1n) is 14.5. The van der Waals surface area contributed by atoms with Crippen molar-refractivity contribution >= 4 is 34.4 Å². The Morgan fingerprint density at radius 1 is 0.902 bits per heavy atom. The molecule has 220 valence electrons. The van der Waals surface area contributed by atoms with Crippen molar-refractivity contribution in [3.05, 3.63) is 77.9 Å². The third-order valence-corrected chi connectivity index (χ3v) is 6.92. The summed E-state index contributed by atoms with van der Waals surface area (Å²) in [7, 11) is 0. The first kappa shape index (κ1) is 31.7. The molecule has 0 aromatic heterocycles. The maximum Gasteiger partial charge on any atom is 0.408 e. The van der Waals surface area contributed by atoms with E-state index in [0.29, 0.717) is 24.1 Å². The van der Waals surface area contributed by atoms with Crippen LogP contribution in [-0.4, -0.2) is 40.5 Å². The molecule has 0 saturated heterocycles. The number of aryl methyl sites for hydroxylation is 1. The molecule has 3 unspecified atom stereocenters. The first-order chi connectivity index (χ1) is 19.3. The Labute approximate surface area is 244 Å². The molecule has 2 N–H and O–H groups in total. The predicted octanol–water partition coefficient (Wildman–Crippen LogP) is 7.39. The van der Waals surface area contributed by atoms with E-state index in [-0.39, 0.29) is 23.8 Å². The van der Waals surface area contributed by atoms with Crippen LogP contribution in [0.3, 0.4) is 0 Å². The van der Waals surface area contributed by atoms with Gasteiger partial charge in [-0.15, -0.1) is 0 Å². The molecule has 0 saturated carbocycles. The minimum Gasteiger partial charge on any atom is -0.444 e. The van der Waals surface area contributed by atoms with Gasteiger partial charge in [0.25, 0.3) is 5.91 Å². The van der Waals surface area contributed by atoms with E-state index in [0.717, 1.165) is 16.3 Å². The molecular formula is C34H45N3O4. The standard InChI is InChI=1S/C34H45N3O4/c1-9-24(5)37(32(39)29(19-22(2)3)36-33(40)41-34(6,7)8)30(27-16-12-13-23(4)20-27)31(38)35-28-18-17-25-14-10-11-15-26(25)21-28/h10-18,20-22,24,29-30H,9,19H2,1-8H3,(H,35,38)(H,36,40). The summed E-state index contributed by atoms with van der Waals surface area (Å²) >= 11 is 0. The van der Waals surface area contributed by atoms with Crippen molar-refractivity contribution in [2.24, 2.45) is 5.92 Å². The van der Waals surface area contributed by atoms with Gasteiger partial charge in [-0.05, 0) is 81.8 Å². The van der Waals surface area contributed by atoms with Crippen molar-refractivity contribution in [2.75, 3.05) is 5.32 Å². The summed E-state index contributed by atoms with van der Waals surface area (Å²) in [6.07, 6.45) is 0.365. The highest BCUT2D eigenvalue weighted by molar-refractivity contribution is 6.00. The summed E-state index contributed by atoms with van der Waals surface area (Å²) in [5, 5.41) is 7.96. The Morgan fingerprint density at radius 3 is 2.20 bits per heavy atom. The van der Waals surface area contributed by atoms with E-state index < -0.39 is 23.8 Å². The fraction of sp³-hybridized carbons (Fsp3) is 0.441. The van der Waals surface area contributed by atoms with Crippen LogP contribution in [0.25, 0.3) is 10.8 Å². The maximum atomic E-state index is 14.4. The molecule has 3 atom stereocenters. The van der Waals surface area contributed by atoms with Gasteiger partial charge >= 0.3 is 6.09 Å². The fourth-order valence-electron chi connectivity index (χ4n) is 4.87. The molecule has 0 radical (unpaired) electrons. The molecule has 0 aliphatic rings. The lowest BCUT2D eigenvalue weighted by molar-refractivity contribution is -0.143. The van der Waals surface area contributed by atoms with Crippen molar-refractivity contribution < 1.29 is 19.1 Å². The van der Waals surface area contributed by atoms with Crippen molar-refractivity contribution in [1.82, 2.24) is 10.2 Å². The van der Waals surface area contributed by atoms with Crippen LogP contribution in [0, 0.1) is 12.8 Å². The molecule has 3 aromatic rings. The van der Waals surface area contributed by atoms with Crippen LogP contribution in [0.1, 0.15) is 78.5 Å². The Kier molecular flexibility index (Phi) is 10.5. The SMILES string of the molecule is CCC(C)N(C(=O)C(CC(C)C)NC(=O)OC(C)(C)C)C(C(=O)Nc1ccc2ccccc2c1)c1cccc(C)c1. The number of carbonyl (C=O) groups excluding carboxylic acids is 3. The molecular weight excluding hydrogens is 514 g/mol. The van der Waals surface area contributed by atoms with Gasteiger partial charge in [-0.25, -0.2) is 4.79 Å². The minimum atomic E-state index is -0.918. The lowest BCUT2D eigenvalue weighted by Crippen LogP contribution is -2.55. The van der Waals surface area contributed by atoms with Gasteiger partial charge in [0.15, 0.2) is 0 Å². The third kappa shape index (κ3) is 8.81. The quantitative estimate of drug-likeness (QED) is 0.271. The Bertz CT molecular complexity index is 1360. The summed E-state index contributed by atoms with van der Waals surface area (Å²) in [6, 6.07) is 19.3. The largest absolute Gasteiger partial charge is 0.444 e. The number of hydrogen-bond donors (Lipinski definition) is 2. The smallest absolute Gasteiger partial charge is 0.408 e. The summed E-state index contributed by atoms with van der Waals surface area (Å²) in [4.78, 5) is 43.0. The molecule has 3 rings (SSSR count). The van der Waals surface area contributed by atoms with E-state index in [1.807, 2.05) is 101 Å². The molecule has 0 bridgehead atoms.